The fourth-order valence-electron chi connectivity index (χ4n) is 1.50. The molecule has 2 rings (SSSR count). The van der Waals surface area contributed by atoms with Gasteiger partial charge in [-0.05, 0) is 18.6 Å². The highest BCUT2D eigenvalue weighted by molar-refractivity contribution is 7.89. The van der Waals surface area contributed by atoms with Gasteiger partial charge in [-0.3, -0.25) is 4.84 Å². The van der Waals surface area contributed by atoms with Crippen LogP contribution in [0, 0.1) is 5.82 Å². The molecule has 2 N–H and O–H groups in total. The molecule has 1 heterocycles. The second-order valence-corrected chi connectivity index (χ2v) is 5.76. The molecule has 1 aromatic carbocycles. The Bertz CT molecular complexity index is 543. The number of hydrogen-bond acceptors (Lipinski definition) is 4. The summed E-state index contributed by atoms with van der Waals surface area (Å²) < 4.78 is 38.4. The summed E-state index contributed by atoms with van der Waals surface area (Å²) in [5.41, 5.74) is 5.02. The predicted molar refractivity (Wildman–Crippen MR) is 60.3 cm³/mol. The maximum absolute atomic E-state index is 13.7. The molecule has 94 valence electrons. The van der Waals surface area contributed by atoms with Crippen LogP contribution >= 0.6 is 11.6 Å². The average Bonchev–Trinajstić information content (AvgIpc) is 2.76. The van der Waals surface area contributed by atoms with Crippen molar-refractivity contribution in [3.05, 3.63) is 23.0 Å². The van der Waals surface area contributed by atoms with Crippen molar-refractivity contribution < 1.29 is 17.6 Å². The quantitative estimate of drug-likeness (QED) is 0.831. The molecule has 0 unspecified atom stereocenters. The van der Waals surface area contributed by atoms with E-state index in [1.807, 2.05) is 0 Å². The lowest BCUT2D eigenvalue weighted by Gasteiger charge is -2.15. The molecule has 1 saturated heterocycles. The smallest absolute Gasteiger partial charge is 0.268 e. The molecule has 17 heavy (non-hydrogen) atoms. The molecule has 0 amide bonds. The van der Waals surface area contributed by atoms with Crippen LogP contribution in [0.1, 0.15) is 6.42 Å². The number of hydroxylamine groups is 1. The molecule has 0 aliphatic carbocycles. The fraction of sp³-hybridized carbons (Fsp3) is 0.333. The lowest BCUT2D eigenvalue weighted by molar-refractivity contribution is -0.0286. The first kappa shape index (κ1) is 12.6. The summed E-state index contributed by atoms with van der Waals surface area (Å²) in [6.45, 7) is 0.477. The standard InChI is InChI=1S/C9H10ClFN2O3S/c10-6-4-7(12)9(11)8(5-6)17(14,15)13-2-1-3-16-13/h4-5H,1-3,12H2. The van der Waals surface area contributed by atoms with E-state index in [0.717, 1.165) is 16.6 Å². The molecule has 0 saturated carbocycles. The monoisotopic (exact) mass is 280 g/mol. The van der Waals surface area contributed by atoms with Crippen molar-refractivity contribution in [3.8, 4) is 0 Å². The van der Waals surface area contributed by atoms with Crippen molar-refractivity contribution in [2.75, 3.05) is 18.9 Å². The lowest BCUT2D eigenvalue weighted by atomic mass is 10.3. The third-order valence-electron chi connectivity index (χ3n) is 2.30. The molecular formula is C9H10ClFN2O3S. The van der Waals surface area contributed by atoms with Crippen molar-refractivity contribution in [1.29, 1.82) is 0 Å². The lowest BCUT2D eigenvalue weighted by Crippen LogP contribution is -2.27. The van der Waals surface area contributed by atoms with Gasteiger partial charge in [0.05, 0.1) is 12.3 Å². The Labute approximate surface area is 103 Å². The molecule has 5 nitrogen and oxygen atoms in total. The van der Waals surface area contributed by atoms with E-state index >= 15 is 0 Å². The molecule has 0 spiro atoms. The number of sulfonamides is 1. The minimum absolute atomic E-state index is 0.0571. The molecule has 1 aliphatic heterocycles. The number of benzene rings is 1. The maximum Gasteiger partial charge on any atom is 0.268 e. The summed E-state index contributed by atoms with van der Waals surface area (Å²) >= 11 is 5.66. The van der Waals surface area contributed by atoms with Gasteiger partial charge in [0.15, 0.2) is 5.82 Å². The third kappa shape index (κ3) is 2.23. The number of anilines is 1. The fourth-order valence-corrected chi connectivity index (χ4v) is 3.21. The molecule has 0 atom stereocenters. The van der Waals surface area contributed by atoms with Crippen LogP contribution in [0.15, 0.2) is 17.0 Å². The topological polar surface area (TPSA) is 72.6 Å². The van der Waals surface area contributed by atoms with E-state index in [1.165, 1.54) is 0 Å². The van der Waals surface area contributed by atoms with Gasteiger partial charge in [-0.2, -0.15) is 0 Å². The third-order valence-corrected chi connectivity index (χ3v) is 4.19. The molecule has 0 aromatic heterocycles. The zero-order valence-electron chi connectivity index (χ0n) is 8.69. The highest BCUT2D eigenvalue weighted by Gasteiger charge is 2.32. The van der Waals surface area contributed by atoms with Crippen LogP contribution in [0.3, 0.4) is 0 Å². The number of nitrogens with two attached hydrogens (primary N) is 1. The minimum Gasteiger partial charge on any atom is -0.396 e. The zero-order valence-corrected chi connectivity index (χ0v) is 10.3. The second-order valence-electron chi connectivity index (χ2n) is 3.53. The number of halogens is 2. The van der Waals surface area contributed by atoms with E-state index in [4.69, 9.17) is 22.2 Å². The van der Waals surface area contributed by atoms with E-state index in [9.17, 15) is 12.8 Å². The summed E-state index contributed by atoms with van der Waals surface area (Å²) in [6, 6.07) is 2.17. The Morgan fingerprint density at radius 2 is 2.18 bits per heavy atom. The van der Waals surface area contributed by atoms with E-state index in [2.05, 4.69) is 0 Å². The van der Waals surface area contributed by atoms with Gasteiger partial charge in [0, 0.05) is 11.6 Å². The minimum atomic E-state index is -4.04. The van der Waals surface area contributed by atoms with Crippen molar-refractivity contribution in [1.82, 2.24) is 4.47 Å². The summed E-state index contributed by atoms with van der Waals surface area (Å²) in [7, 11) is -4.04. The number of nitrogens with zero attached hydrogens (tertiary/aromatic N) is 1. The molecule has 8 heteroatoms. The van der Waals surface area contributed by atoms with Crippen LogP contribution in [0.25, 0.3) is 0 Å². The van der Waals surface area contributed by atoms with Gasteiger partial charge >= 0.3 is 0 Å². The summed E-state index contributed by atoms with van der Waals surface area (Å²) in [6.07, 6.45) is 0.566. The number of hydrogen-bond donors (Lipinski definition) is 1. The Morgan fingerprint density at radius 1 is 1.47 bits per heavy atom. The molecule has 0 bridgehead atoms. The molecule has 0 radical (unpaired) electrons. The Kier molecular flexibility index (Phi) is 3.26. The van der Waals surface area contributed by atoms with Crippen molar-refractivity contribution >= 4 is 27.3 Å². The highest BCUT2D eigenvalue weighted by Crippen LogP contribution is 2.28. The van der Waals surface area contributed by atoms with Crippen LogP contribution in [0.2, 0.25) is 5.02 Å². The van der Waals surface area contributed by atoms with Crippen LogP contribution in [-0.4, -0.2) is 26.0 Å². The van der Waals surface area contributed by atoms with Gasteiger partial charge in [0.2, 0.25) is 0 Å². The van der Waals surface area contributed by atoms with Gasteiger partial charge in [0.1, 0.15) is 4.90 Å². The molecule has 1 aliphatic rings. The van der Waals surface area contributed by atoms with Gasteiger partial charge in [-0.15, -0.1) is 0 Å². The number of nitrogen functional groups attached to an aromatic ring is 1. The predicted octanol–water partition coefficient (Wildman–Crippen LogP) is 1.39. The Balaban J connectivity index is 2.52. The van der Waals surface area contributed by atoms with Gasteiger partial charge in [0.25, 0.3) is 10.0 Å². The number of rotatable bonds is 2. The van der Waals surface area contributed by atoms with Crippen LogP contribution < -0.4 is 5.73 Å². The van der Waals surface area contributed by atoms with E-state index in [1.54, 1.807) is 0 Å². The van der Waals surface area contributed by atoms with Crippen LogP contribution in [-0.2, 0) is 14.9 Å². The van der Waals surface area contributed by atoms with E-state index in [0.29, 0.717) is 6.42 Å². The zero-order chi connectivity index (χ0) is 12.6. The first-order valence-electron chi connectivity index (χ1n) is 4.83. The second kappa shape index (κ2) is 4.41. The molecular weight excluding hydrogens is 271 g/mol. The average molecular weight is 281 g/mol. The van der Waals surface area contributed by atoms with Gasteiger partial charge in [-0.25, -0.2) is 12.8 Å². The van der Waals surface area contributed by atoms with E-state index in [-0.39, 0.29) is 23.9 Å². The first-order valence-corrected chi connectivity index (χ1v) is 6.65. The van der Waals surface area contributed by atoms with Crippen molar-refractivity contribution in [3.63, 3.8) is 0 Å². The summed E-state index contributed by atoms with van der Waals surface area (Å²) in [5, 5.41) is 0.0571. The largest absolute Gasteiger partial charge is 0.396 e. The van der Waals surface area contributed by atoms with Crippen LogP contribution in [0.4, 0.5) is 10.1 Å². The molecule has 1 fully saturated rings. The maximum atomic E-state index is 13.7. The summed E-state index contributed by atoms with van der Waals surface area (Å²) in [5.74, 6) is -1.01. The van der Waals surface area contributed by atoms with Gasteiger partial charge in [-0.1, -0.05) is 16.1 Å². The Hall–Kier alpha value is -0.890. The summed E-state index contributed by atoms with van der Waals surface area (Å²) in [4.78, 5) is 4.34. The Morgan fingerprint density at radius 3 is 2.76 bits per heavy atom. The van der Waals surface area contributed by atoms with Crippen molar-refractivity contribution in [2.24, 2.45) is 0 Å². The van der Waals surface area contributed by atoms with Gasteiger partial charge < -0.3 is 5.73 Å². The van der Waals surface area contributed by atoms with Crippen LogP contribution in [0.5, 0.6) is 0 Å². The first-order chi connectivity index (χ1) is 7.93. The highest BCUT2D eigenvalue weighted by atomic mass is 35.5. The SMILES string of the molecule is Nc1cc(Cl)cc(S(=O)(=O)N2CCCO2)c1F. The van der Waals surface area contributed by atoms with Crippen molar-refractivity contribution in [2.45, 2.75) is 11.3 Å². The molecule has 1 aromatic rings. The van der Waals surface area contributed by atoms with E-state index < -0.39 is 20.7 Å². The normalized spacial score (nSPS) is 17.5.